The standard InChI is InChI=1S/C8H10N2O2S/c1-5-9-8(11)6-4-12-3-2-7(6)10(5)13/h13H,2-4H2,1H3. The van der Waals surface area contributed by atoms with E-state index in [4.69, 9.17) is 4.74 Å². The van der Waals surface area contributed by atoms with Crippen molar-refractivity contribution in [3.63, 3.8) is 0 Å². The first-order valence-electron chi connectivity index (χ1n) is 4.08. The van der Waals surface area contributed by atoms with E-state index >= 15 is 0 Å². The predicted molar refractivity (Wildman–Crippen MR) is 51.0 cm³/mol. The number of thiol groups is 1. The summed E-state index contributed by atoms with van der Waals surface area (Å²) < 4.78 is 6.85. The first kappa shape index (κ1) is 8.77. The second kappa shape index (κ2) is 3.16. The topological polar surface area (TPSA) is 44.1 Å². The number of aromatic nitrogens is 2. The van der Waals surface area contributed by atoms with E-state index in [-0.39, 0.29) is 5.56 Å². The Hall–Kier alpha value is -0.810. The number of ether oxygens (including phenoxy) is 1. The molecule has 1 aromatic rings. The van der Waals surface area contributed by atoms with Gasteiger partial charge in [-0.25, -0.2) is 0 Å². The van der Waals surface area contributed by atoms with Gasteiger partial charge >= 0.3 is 0 Å². The summed E-state index contributed by atoms with van der Waals surface area (Å²) >= 11 is 4.26. The molecule has 1 aliphatic heterocycles. The summed E-state index contributed by atoms with van der Waals surface area (Å²) in [5, 5.41) is 0. The molecule has 2 heterocycles. The largest absolute Gasteiger partial charge is 0.376 e. The molecule has 4 nitrogen and oxygen atoms in total. The van der Waals surface area contributed by atoms with Gasteiger partial charge in [-0.05, 0) is 6.92 Å². The molecule has 1 aromatic heterocycles. The zero-order valence-electron chi connectivity index (χ0n) is 7.28. The van der Waals surface area contributed by atoms with Crippen molar-refractivity contribution in [3.05, 3.63) is 27.4 Å². The molecule has 0 fully saturated rings. The lowest BCUT2D eigenvalue weighted by molar-refractivity contribution is 0.107. The number of hydrogen-bond donors (Lipinski definition) is 1. The fourth-order valence-corrected chi connectivity index (χ4v) is 1.72. The Morgan fingerprint density at radius 3 is 3.15 bits per heavy atom. The van der Waals surface area contributed by atoms with Crippen LogP contribution in [0.3, 0.4) is 0 Å². The smallest absolute Gasteiger partial charge is 0.278 e. The molecule has 0 amide bonds. The van der Waals surface area contributed by atoms with Gasteiger partial charge < -0.3 is 4.74 Å². The third-order valence-corrected chi connectivity index (χ3v) is 2.69. The molecule has 0 aliphatic carbocycles. The van der Waals surface area contributed by atoms with Gasteiger partial charge in [0.2, 0.25) is 0 Å². The summed E-state index contributed by atoms with van der Waals surface area (Å²) in [6.07, 6.45) is 0.734. The van der Waals surface area contributed by atoms with E-state index in [1.54, 1.807) is 10.9 Å². The Kier molecular flexibility index (Phi) is 2.13. The average molecular weight is 198 g/mol. The molecule has 0 saturated heterocycles. The van der Waals surface area contributed by atoms with Gasteiger partial charge in [-0.3, -0.25) is 8.77 Å². The summed E-state index contributed by atoms with van der Waals surface area (Å²) in [5.74, 6) is 0.633. The van der Waals surface area contributed by atoms with Gasteiger partial charge in [0.15, 0.2) is 0 Å². The Morgan fingerprint density at radius 2 is 2.38 bits per heavy atom. The summed E-state index contributed by atoms with van der Waals surface area (Å²) in [7, 11) is 0. The van der Waals surface area contributed by atoms with Crippen molar-refractivity contribution in [1.82, 2.24) is 8.96 Å². The fourth-order valence-electron chi connectivity index (χ4n) is 1.45. The van der Waals surface area contributed by atoms with Gasteiger partial charge in [-0.1, -0.05) is 12.8 Å². The lowest BCUT2D eigenvalue weighted by Gasteiger charge is -2.18. The number of hydrogen-bond acceptors (Lipinski definition) is 4. The van der Waals surface area contributed by atoms with Gasteiger partial charge in [-0.2, -0.15) is 4.98 Å². The normalized spacial score (nSPS) is 15.5. The molecule has 70 valence electrons. The summed E-state index contributed by atoms with van der Waals surface area (Å²) in [4.78, 5) is 15.2. The average Bonchev–Trinajstić information content (AvgIpc) is 2.15. The van der Waals surface area contributed by atoms with Crippen LogP contribution in [0.5, 0.6) is 0 Å². The summed E-state index contributed by atoms with van der Waals surface area (Å²) in [6, 6.07) is 0. The monoisotopic (exact) mass is 198 g/mol. The Balaban J connectivity index is 2.70. The van der Waals surface area contributed by atoms with E-state index in [2.05, 4.69) is 17.8 Å². The highest BCUT2D eigenvalue weighted by atomic mass is 32.1. The predicted octanol–water partition coefficient (Wildman–Crippen LogP) is 0.317. The van der Waals surface area contributed by atoms with Crippen molar-refractivity contribution in [1.29, 1.82) is 0 Å². The molecule has 13 heavy (non-hydrogen) atoms. The number of rotatable bonds is 0. The van der Waals surface area contributed by atoms with Gasteiger partial charge in [-0.15, -0.1) is 0 Å². The number of fused-ring (bicyclic) bond motifs is 1. The lowest BCUT2D eigenvalue weighted by atomic mass is 10.1. The lowest BCUT2D eigenvalue weighted by Crippen LogP contribution is -2.26. The van der Waals surface area contributed by atoms with Gasteiger partial charge in [0.1, 0.15) is 5.82 Å². The van der Waals surface area contributed by atoms with Crippen LogP contribution in [-0.2, 0) is 17.8 Å². The van der Waals surface area contributed by atoms with Gasteiger partial charge in [0.05, 0.1) is 18.8 Å². The minimum absolute atomic E-state index is 0.183. The molecule has 1 aliphatic rings. The molecule has 0 aromatic carbocycles. The van der Waals surface area contributed by atoms with Crippen LogP contribution in [-0.4, -0.2) is 15.6 Å². The van der Waals surface area contributed by atoms with Crippen molar-refractivity contribution >= 4 is 12.8 Å². The van der Waals surface area contributed by atoms with Crippen LogP contribution in [0.25, 0.3) is 0 Å². The SMILES string of the molecule is Cc1nc(=O)c2c(n1S)CCOC2. The van der Waals surface area contributed by atoms with E-state index in [1.807, 2.05) is 0 Å². The summed E-state index contributed by atoms with van der Waals surface area (Å²) in [5.41, 5.74) is 1.40. The van der Waals surface area contributed by atoms with E-state index in [1.165, 1.54) is 0 Å². The first-order chi connectivity index (χ1) is 6.20. The molecule has 0 atom stereocenters. The highest BCUT2D eigenvalue weighted by molar-refractivity contribution is 7.78. The van der Waals surface area contributed by atoms with Crippen LogP contribution in [0.4, 0.5) is 0 Å². The maximum atomic E-state index is 11.4. The van der Waals surface area contributed by atoms with Crippen LogP contribution in [0.15, 0.2) is 4.79 Å². The highest BCUT2D eigenvalue weighted by Crippen LogP contribution is 2.14. The molecule has 5 heteroatoms. The van der Waals surface area contributed by atoms with E-state index in [9.17, 15) is 4.79 Å². The number of nitrogens with zero attached hydrogens (tertiary/aromatic N) is 2. The second-order valence-corrected chi connectivity index (χ2v) is 3.40. The maximum absolute atomic E-state index is 11.4. The molecule has 2 rings (SSSR count). The molecule has 0 saturated carbocycles. The second-order valence-electron chi connectivity index (χ2n) is 3.00. The third-order valence-electron chi connectivity index (χ3n) is 2.16. The first-order valence-corrected chi connectivity index (χ1v) is 4.48. The molecule has 0 N–H and O–H groups in total. The van der Waals surface area contributed by atoms with Crippen molar-refractivity contribution in [2.24, 2.45) is 0 Å². The Morgan fingerprint density at radius 1 is 1.62 bits per heavy atom. The third kappa shape index (κ3) is 1.38. The number of aryl methyl sites for hydroxylation is 1. The maximum Gasteiger partial charge on any atom is 0.278 e. The Bertz CT molecular complexity index is 400. The van der Waals surface area contributed by atoms with Crippen LogP contribution in [0.2, 0.25) is 0 Å². The van der Waals surface area contributed by atoms with Crippen molar-refractivity contribution < 1.29 is 4.74 Å². The van der Waals surface area contributed by atoms with Gasteiger partial charge in [0.25, 0.3) is 5.56 Å². The van der Waals surface area contributed by atoms with E-state index in [0.717, 1.165) is 12.1 Å². The van der Waals surface area contributed by atoms with Crippen molar-refractivity contribution in [3.8, 4) is 0 Å². The summed E-state index contributed by atoms with van der Waals surface area (Å²) in [6.45, 7) is 2.78. The van der Waals surface area contributed by atoms with Crippen molar-refractivity contribution in [2.75, 3.05) is 6.61 Å². The minimum atomic E-state index is -0.183. The fraction of sp³-hybridized carbons (Fsp3) is 0.500. The molecular weight excluding hydrogens is 188 g/mol. The zero-order valence-corrected chi connectivity index (χ0v) is 8.17. The highest BCUT2D eigenvalue weighted by Gasteiger charge is 2.17. The molecule has 0 bridgehead atoms. The van der Waals surface area contributed by atoms with E-state index in [0.29, 0.717) is 24.6 Å². The minimum Gasteiger partial charge on any atom is -0.376 e. The van der Waals surface area contributed by atoms with Crippen LogP contribution < -0.4 is 5.56 Å². The van der Waals surface area contributed by atoms with Crippen LogP contribution in [0.1, 0.15) is 17.1 Å². The van der Waals surface area contributed by atoms with Crippen LogP contribution in [0, 0.1) is 6.92 Å². The van der Waals surface area contributed by atoms with Crippen molar-refractivity contribution in [2.45, 2.75) is 20.0 Å². The van der Waals surface area contributed by atoms with Crippen LogP contribution >= 0.6 is 12.8 Å². The zero-order chi connectivity index (χ0) is 9.42. The van der Waals surface area contributed by atoms with Gasteiger partial charge in [0, 0.05) is 12.1 Å². The molecule has 0 unspecified atom stereocenters. The van der Waals surface area contributed by atoms with E-state index < -0.39 is 0 Å². The quantitative estimate of drug-likeness (QED) is 0.610. The molecular formula is C8H10N2O2S. The molecule has 0 spiro atoms. The molecule has 0 radical (unpaired) electrons. The Labute approximate surface area is 81.1 Å².